The SMILES string of the molecule is CC(C)Oc1ccc(CNC(=O)CCCN(c2ccc(Cl)cc2)S(C)(=O)=O)cc1. The average Bonchev–Trinajstić information content (AvgIpc) is 2.64. The summed E-state index contributed by atoms with van der Waals surface area (Å²) in [5.74, 6) is 0.662. The summed E-state index contributed by atoms with van der Waals surface area (Å²) in [6, 6.07) is 14.1. The van der Waals surface area contributed by atoms with Gasteiger partial charge in [-0.25, -0.2) is 8.42 Å². The maximum absolute atomic E-state index is 12.1. The van der Waals surface area contributed by atoms with Crippen molar-refractivity contribution in [1.82, 2.24) is 5.32 Å². The first-order valence-electron chi connectivity index (χ1n) is 9.41. The zero-order chi connectivity index (χ0) is 21.4. The van der Waals surface area contributed by atoms with E-state index in [0.29, 0.717) is 23.7 Å². The van der Waals surface area contributed by atoms with Gasteiger partial charge in [-0.05, 0) is 62.2 Å². The number of rotatable bonds is 10. The first kappa shape index (κ1) is 23.0. The van der Waals surface area contributed by atoms with Crippen molar-refractivity contribution in [2.75, 3.05) is 17.1 Å². The van der Waals surface area contributed by atoms with Crippen LogP contribution < -0.4 is 14.4 Å². The number of carbonyl (C=O) groups is 1. The van der Waals surface area contributed by atoms with Gasteiger partial charge < -0.3 is 10.1 Å². The largest absolute Gasteiger partial charge is 0.491 e. The fourth-order valence-electron chi connectivity index (χ4n) is 2.72. The molecule has 0 aliphatic heterocycles. The highest BCUT2D eigenvalue weighted by Crippen LogP contribution is 2.21. The molecule has 0 unspecified atom stereocenters. The van der Waals surface area contributed by atoms with E-state index in [1.807, 2.05) is 38.1 Å². The number of sulfonamides is 1. The molecule has 2 aromatic rings. The standard InChI is InChI=1S/C21H27ClN2O4S/c1-16(2)28-20-12-6-17(7-13-20)15-23-21(25)5-4-14-24(29(3,26)27)19-10-8-18(22)9-11-19/h6-13,16H,4-5,14-15H2,1-3H3,(H,23,25). The molecule has 0 aliphatic carbocycles. The maximum atomic E-state index is 12.1. The third kappa shape index (κ3) is 7.95. The maximum Gasteiger partial charge on any atom is 0.232 e. The van der Waals surface area contributed by atoms with E-state index in [9.17, 15) is 13.2 Å². The van der Waals surface area contributed by atoms with Gasteiger partial charge in [0.15, 0.2) is 0 Å². The number of hydrogen-bond acceptors (Lipinski definition) is 4. The quantitative estimate of drug-likeness (QED) is 0.608. The summed E-state index contributed by atoms with van der Waals surface area (Å²) in [5, 5.41) is 3.39. The van der Waals surface area contributed by atoms with Crippen LogP contribution in [0.3, 0.4) is 0 Å². The van der Waals surface area contributed by atoms with Gasteiger partial charge in [-0.3, -0.25) is 9.10 Å². The molecule has 0 spiro atoms. The van der Waals surface area contributed by atoms with Crippen LogP contribution in [0.1, 0.15) is 32.3 Å². The molecule has 0 radical (unpaired) electrons. The topological polar surface area (TPSA) is 75.7 Å². The van der Waals surface area contributed by atoms with Gasteiger partial charge in [0.05, 0.1) is 18.0 Å². The Morgan fingerprint density at radius 1 is 1.10 bits per heavy atom. The van der Waals surface area contributed by atoms with Gasteiger partial charge in [0.1, 0.15) is 5.75 Å². The van der Waals surface area contributed by atoms with Crippen molar-refractivity contribution in [1.29, 1.82) is 0 Å². The van der Waals surface area contributed by atoms with Gasteiger partial charge in [0, 0.05) is 24.5 Å². The van der Waals surface area contributed by atoms with Crippen LogP contribution in [0.2, 0.25) is 5.02 Å². The molecule has 0 aromatic heterocycles. The minimum Gasteiger partial charge on any atom is -0.491 e. The number of halogens is 1. The molecule has 158 valence electrons. The van der Waals surface area contributed by atoms with E-state index in [4.69, 9.17) is 16.3 Å². The molecule has 0 bridgehead atoms. The lowest BCUT2D eigenvalue weighted by atomic mass is 10.2. The second-order valence-electron chi connectivity index (χ2n) is 7.00. The molecule has 0 aliphatic rings. The summed E-state index contributed by atoms with van der Waals surface area (Å²) < 4.78 is 31.0. The number of amides is 1. The van der Waals surface area contributed by atoms with Crippen molar-refractivity contribution in [2.45, 2.75) is 39.3 Å². The van der Waals surface area contributed by atoms with Crippen LogP contribution in [0, 0.1) is 0 Å². The molecule has 0 fully saturated rings. The van der Waals surface area contributed by atoms with Crippen molar-refractivity contribution in [3.63, 3.8) is 0 Å². The van der Waals surface area contributed by atoms with Crippen molar-refractivity contribution in [2.24, 2.45) is 0 Å². The Bertz CT molecular complexity index is 897. The Kier molecular flexibility index (Phi) is 8.34. The molecular formula is C21H27ClN2O4S. The van der Waals surface area contributed by atoms with Crippen LogP contribution in [0.5, 0.6) is 5.75 Å². The third-order valence-electron chi connectivity index (χ3n) is 4.06. The minimum atomic E-state index is -3.45. The van der Waals surface area contributed by atoms with E-state index in [1.165, 1.54) is 4.31 Å². The monoisotopic (exact) mass is 438 g/mol. The number of hydrogen-bond donors (Lipinski definition) is 1. The minimum absolute atomic E-state index is 0.111. The van der Waals surface area contributed by atoms with Crippen LogP contribution in [-0.4, -0.2) is 33.2 Å². The number of nitrogens with zero attached hydrogens (tertiary/aromatic N) is 1. The molecule has 0 saturated heterocycles. The normalized spacial score (nSPS) is 11.3. The van der Waals surface area contributed by atoms with Crippen molar-refractivity contribution >= 4 is 33.2 Å². The second kappa shape index (κ2) is 10.5. The number of benzene rings is 2. The van der Waals surface area contributed by atoms with Gasteiger partial charge >= 0.3 is 0 Å². The van der Waals surface area contributed by atoms with Crippen LogP contribution in [0.15, 0.2) is 48.5 Å². The smallest absolute Gasteiger partial charge is 0.232 e. The third-order valence-corrected chi connectivity index (χ3v) is 5.51. The summed E-state index contributed by atoms with van der Waals surface area (Å²) in [5.41, 5.74) is 1.49. The van der Waals surface area contributed by atoms with Crippen LogP contribution in [0.25, 0.3) is 0 Å². The molecule has 0 saturated carbocycles. The first-order chi connectivity index (χ1) is 13.6. The predicted molar refractivity (Wildman–Crippen MR) is 117 cm³/mol. The summed E-state index contributed by atoms with van der Waals surface area (Å²) in [6.45, 7) is 4.56. The van der Waals surface area contributed by atoms with Crippen molar-refractivity contribution in [3.8, 4) is 5.75 Å². The highest BCUT2D eigenvalue weighted by molar-refractivity contribution is 7.92. The van der Waals surface area contributed by atoms with E-state index < -0.39 is 10.0 Å². The van der Waals surface area contributed by atoms with Gasteiger partial charge in [0.25, 0.3) is 0 Å². The summed E-state index contributed by atoms with van der Waals surface area (Å²) >= 11 is 5.86. The number of anilines is 1. The molecule has 1 amide bonds. The first-order valence-corrected chi connectivity index (χ1v) is 11.6. The Balaban J connectivity index is 1.82. The lowest BCUT2D eigenvalue weighted by Gasteiger charge is -2.22. The van der Waals surface area contributed by atoms with Crippen molar-refractivity contribution in [3.05, 3.63) is 59.1 Å². The molecule has 8 heteroatoms. The van der Waals surface area contributed by atoms with E-state index in [-0.39, 0.29) is 25.0 Å². The van der Waals surface area contributed by atoms with Crippen LogP contribution in [0.4, 0.5) is 5.69 Å². The van der Waals surface area contributed by atoms with Crippen LogP contribution in [-0.2, 0) is 21.4 Å². The van der Waals surface area contributed by atoms with Crippen LogP contribution >= 0.6 is 11.6 Å². The van der Waals surface area contributed by atoms with E-state index in [1.54, 1.807) is 24.3 Å². The lowest BCUT2D eigenvalue weighted by molar-refractivity contribution is -0.121. The number of carbonyl (C=O) groups excluding carboxylic acids is 1. The molecule has 2 aromatic carbocycles. The zero-order valence-corrected chi connectivity index (χ0v) is 18.5. The Hall–Kier alpha value is -2.25. The summed E-state index contributed by atoms with van der Waals surface area (Å²) in [7, 11) is -3.45. The van der Waals surface area contributed by atoms with E-state index >= 15 is 0 Å². The molecule has 2 rings (SSSR count). The zero-order valence-electron chi connectivity index (χ0n) is 16.9. The van der Waals surface area contributed by atoms with Gasteiger partial charge in [-0.15, -0.1) is 0 Å². The van der Waals surface area contributed by atoms with Gasteiger partial charge in [-0.1, -0.05) is 23.7 Å². The molecule has 29 heavy (non-hydrogen) atoms. The number of nitrogens with one attached hydrogen (secondary N) is 1. The Morgan fingerprint density at radius 3 is 2.28 bits per heavy atom. The lowest BCUT2D eigenvalue weighted by Crippen LogP contribution is -2.32. The molecule has 0 atom stereocenters. The van der Waals surface area contributed by atoms with Crippen molar-refractivity contribution < 1.29 is 17.9 Å². The van der Waals surface area contributed by atoms with Gasteiger partial charge in [-0.2, -0.15) is 0 Å². The molecular weight excluding hydrogens is 412 g/mol. The Labute approximate surface area is 177 Å². The summed E-state index contributed by atoms with van der Waals surface area (Å²) in [6.07, 6.45) is 1.89. The highest BCUT2D eigenvalue weighted by Gasteiger charge is 2.17. The highest BCUT2D eigenvalue weighted by atomic mass is 35.5. The Morgan fingerprint density at radius 2 is 1.72 bits per heavy atom. The van der Waals surface area contributed by atoms with E-state index in [2.05, 4.69) is 5.32 Å². The van der Waals surface area contributed by atoms with E-state index in [0.717, 1.165) is 17.6 Å². The summed E-state index contributed by atoms with van der Waals surface area (Å²) in [4.78, 5) is 12.1. The predicted octanol–water partition coefficient (Wildman–Crippen LogP) is 3.99. The molecule has 6 nitrogen and oxygen atoms in total. The number of ether oxygens (including phenoxy) is 1. The average molecular weight is 439 g/mol. The fraction of sp³-hybridized carbons (Fsp3) is 0.381. The molecule has 0 heterocycles. The second-order valence-corrected chi connectivity index (χ2v) is 9.35. The van der Waals surface area contributed by atoms with Gasteiger partial charge in [0.2, 0.25) is 15.9 Å². The fourth-order valence-corrected chi connectivity index (χ4v) is 3.82. The molecule has 1 N–H and O–H groups in total.